The van der Waals surface area contributed by atoms with Gasteiger partial charge in [0.05, 0.1) is 17.9 Å². The molecule has 0 aliphatic carbocycles. The molecule has 0 aromatic heterocycles. The van der Waals surface area contributed by atoms with Crippen LogP contribution in [0.4, 0.5) is 0 Å². The maximum atomic E-state index is 10.6. The second kappa shape index (κ2) is 4.19. The van der Waals surface area contributed by atoms with Gasteiger partial charge in [0.15, 0.2) is 0 Å². The van der Waals surface area contributed by atoms with Gasteiger partial charge in [-0.05, 0) is 6.92 Å². The lowest BCUT2D eigenvalue weighted by molar-refractivity contribution is 0.178. The summed E-state index contributed by atoms with van der Waals surface area (Å²) in [4.78, 5) is 34.2. The van der Waals surface area contributed by atoms with Crippen molar-refractivity contribution in [2.24, 2.45) is 0 Å². The number of hydrogen-bond donors (Lipinski definition) is 5. The average molecular weight is 234 g/mol. The van der Waals surface area contributed by atoms with E-state index in [0.717, 1.165) is 6.92 Å². The van der Waals surface area contributed by atoms with E-state index in [1.54, 1.807) is 0 Å². The number of aliphatic hydroxyl groups excluding tert-OH is 1. The molecule has 0 spiro atoms. The Morgan fingerprint density at radius 2 is 1.54 bits per heavy atom. The van der Waals surface area contributed by atoms with Gasteiger partial charge in [-0.15, -0.1) is 0 Å². The highest BCUT2D eigenvalue weighted by Crippen LogP contribution is 2.49. The van der Waals surface area contributed by atoms with E-state index in [4.69, 9.17) is 24.7 Å². The van der Waals surface area contributed by atoms with Crippen LogP contribution >= 0.6 is 15.2 Å². The lowest BCUT2D eigenvalue weighted by Crippen LogP contribution is -2.26. The number of rotatable bonds is 4. The van der Waals surface area contributed by atoms with Gasteiger partial charge in [0.2, 0.25) is 0 Å². The Balaban J connectivity index is 4.67. The van der Waals surface area contributed by atoms with E-state index in [-0.39, 0.29) is 0 Å². The minimum atomic E-state index is -4.67. The van der Waals surface area contributed by atoms with Gasteiger partial charge in [-0.3, -0.25) is 9.13 Å². The van der Waals surface area contributed by atoms with Gasteiger partial charge in [-0.2, -0.15) is 0 Å². The summed E-state index contributed by atoms with van der Waals surface area (Å²) < 4.78 is 21.1. The molecule has 0 rings (SSSR count). The summed E-state index contributed by atoms with van der Waals surface area (Å²) in [5.41, 5.74) is -1.71. The van der Waals surface area contributed by atoms with Crippen LogP contribution in [0.2, 0.25) is 0 Å². The minimum absolute atomic E-state index is 1.02. The molecule has 0 saturated heterocycles. The fourth-order valence-corrected chi connectivity index (χ4v) is 3.63. The van der Waals surface area contributed by atoms with Crippen molar-refractivity contribution in [3.63, 3.8) is 0 Å². The van der Waals surface area contributed by atoms with Gasteiger partial charge in [-0.1, -0.05) is 0 Å². The molecule has 0 fully saturated rings. The maximum absolute atomic E-state index is 10.6. The Bertz CT molecular complexity index is 249. The molecule has 9 heteroatoms. The first kappa shape index (κ1) is 13.3. The molecule has 0 aliphatic rings. The largest absolute Gasteiger partial charge is 0.392 e. The summed E-state index contributed by atoms with van der Waals surface area (Å²) in [6, 6.07) is 0. The molecule has 0 aromatic carbocycles. The molecular formula is C4H12O7P2. The lowest BCUT2D eigenvalue weighted by atomic mass is 10.3. The van der Waals surface area contributed by atoms with E-state index >= 15 is 0 Å². The van der Waals surface area contributed by atoms with Crippen LogP contribution in [0, 0.1) is 0 Å². The summed E-state index contributed by atoms with van der Waals surface area (Å²) in [7, 11) is -9.20. The van der Waals surface area contributed by atoms with Gasteiger partial charge >= 0.3 is 15.2 Å². The maximum Gasteiger partial charge on any atom is 0.331 e. The first-order chi connectivity index (χ1) is 5.54. The minimum Gasteiger partial charge on any atom is -0.392 e. The molecule has 80 valence electrons. The van der Waals surface area contributed by atoms with Crippen molar-refractivity contribution in [3.8, 4) is 0 Å². The number of hydrogen-bond acceptors (Lipinski definition) is 3. The zero-order chi connectivity index (χ0) is 10.9. The van der Waals surface area contributed by atoms with Gasteiger partial charge in [0, 0.05) is 0 Å². The van der Waals surface area contributed by atoms with E-state index in [9.17, 15) is 9.13 Å². The molecule has 0 aromatic rings. The van der Waals surface area contributed by atoms with Crippen molar-refractivity contribution in [1.82, 2.24) is 0 Å². The summed E-state index contributed by atoms with van der Waals surface area (Å²) in [5.74, 6) is 0. The van der Waals surface area contributed by atoms with Gasteiger partial charge < -0.3 is 24.7 Å². The Labute approximate surface area is 74.7 Å². The smallest absolute Gasteiger partial charge is 0.331 e. The second-order valence-electron chi connectivity index (χ2n) is 2.74. The van der Waals surface area contributed by atoms with Crippen LogP contribution < -0.4 is 0 Å². The molecule has 0 saturated carbocycles. The Hall–Kier alpha value is 0.260. The summed E-state index contributed by atoms with van der Waals surface area (Å²) in [6.07, 6.45) is -2.48. The first-order valence-corrected chi connectivity index (χ1v) is 6.80. The Morgan fingerprint density at radius 1 is 1.15 bits per heavy atom. The van der Waals surface area contributed by atoms with E-state index < -0.39 is 33.1 Å². The normalized spacial score (nSPS) is 18.3. The molecule has 0 bridgehead atoms. The van der Waals surface area contributed by atoms with Crippen molar-refractivity contribution in [2.75, 3.05) is 6.16 Å². The molecule has 7 nitrogen and oxygen atoms in total. The molecule has 2 unspecified atom stereocenters. The SMILES string of the molecule is CC(O)C(CP(=O)(O)O)P(=O)(O)O. The van der Waals surface area contributed by atoms with Crippen molar-refractivity contribution in [1.29, 1.82) is 0 Å². The van der Waals surface area contributed by atoms with Crippen LogP contribution in [0.1, 0.15) is 6.92 Å². The standard InChI is InChI=1S/C4H12O7P2/c1-3(5)4(13(9,10)11)2-12(6,7)8/h3-5H,2H2,1H3,(H2,6,7,8)(H2,9,10,11). The number of aliphatic hydroxyl groups is 1. The van der Waals surface area contributed by atoms with Gasteiger partial charge in [0.1, 0.15) is 0 Å². The third kappa shape index (κ3) is 5.54. The average Bonchev–Trinajstić information content (AvgIpc) is 1.77. The fraction of sp³-hybridized carbons (Fsp3) is 1.00. The summed E-state index contributed by atoms with van der Waals surface area (Å²) in [5, 5.41) is 8.88. The van der Waals surface area contributed by atoms with Crippen LogP contribution in [0.15, 0.2) is 0 Å². The van der Waals surface area contributed by atoms with Crippen molar-refractivity contribution in [2.45, 2.75) is 18.7 Å². The van der Waals surface area contributed by atoms with Crippen LogP contribution in [0.5, 0.6) is 0 Å². The highest BCUT2D eigenvalue weighted by molar-refractivity contribution is 7.56. The zero-order valence-electron chi connectivity index (χ0n) is 6.81. The highest BCUT2D eigenvalue weighted by atomic mass is 31.2. The summed E-state index contributed by atoms with van der Waals surface area (Å²) >= 11 is 0. The molecule has 5 N–H and O–H groups in total. The quantitative estimate of drug-likeness (QED) is 0.397. The lowest BCUT2D eigenvalue weighted by Gasteiger charge is -2.21. The molecule has 0 aliphatic heterocycles. The van der Waals surface area contributed by atoms with E-state index in [1.165, 1.54) is 0 Å². The van der Waals surface area contributed by atoms with Crippen LogP contribution in [0.3, 0.4) is 0 Å². The molecule has 2 atom stereocenters. The third-order valence-corrected chi connectivity index (χ3v) is 4.05. The molecule has 0 radical (unpaired) electrons. The molecular weight excluding hydrogens is 222 g/mol. The topological polar surface area (TPSA) is 135 Å². The van der Waals surface area contributed by atoms with Crippen molar-refractivity contribution in [3.05, 3.63) is 0 Å². The first-order valence-electron chi connectivity index (χ1n) is 3.32. The van der Waals surface area contributed by atoms with Gasteiger partial charge in [0.25, 0.3) is 0 Å². The van der Waals surface area contributed by atoms with Crippen molar-refractivity contribution < 1.29 is 33.8 Å². The predicted octanol–water partition coefficient (Wildman–Crippen LogP) is -0.909. The van der Waals surface area contributed by atoms with E-state index in [0.29, 0.717) is 0 Å². The van der Waals surface area contributed by atoms with Crippen LogP contribution in [-0.4, -0.2) is 42.6 Å². The molecule has 0 amide bonds. The van der Waals surface area contributed by atoms with Crippen LogP contribution in [0.25, 0.3) is 0 Å². The van der Waals surface area contributed by atoms with Gasteiger partial charge in [-0.25, -0.2) is 0 Å². The highest BCUT2D eigenvalue weighted by Gasteiger charge is 2.38. The van der Waals surface area contributed by atoms with Crippen molar-refractivity contribution >= 4 is 15.2 Å². The Morgan fingerprint density at radius 3 is 1.62 bits per heavy atom. The monoisotopic (exact) mass is 234 g/mol. The molecule has 0 heterocycles. The summed E-state index contributed by atoms with van der Waals surface area (Å²) in [6.45, 7) is 1.07. The van der Waals surface area contributed by atoms with E-state index in [2.05, 4.69) is 0 Å². The third-order valence-electron chi connectivity index (χ3n) is 1.41. The van der Waals surface area contributed by atoms with Crippen LogP contribution in [-0.2, 0) is 9.13 Å². The second-order valence-corrected chi connectivity index (χ2v) is 6.28. The molecule has 13 heavy (non-hydrogen) atoms. The predicted molar refractivity (Wildman–Crippen MR) is 44.4 cm³/mol. The van der Waals surface area contributed by atoms with E-state index in [1.807, 2.05) is 0 Å². The zero-order valence-corrected chi connectivity index (χ0v) is 8.60. The Kier molecular flexibility index (Phi) is 4.27. The fourth-order valence-electron chi connectivity index (χ4n) is 0.784.